The molecule has 146 valence electrons. The number of benzene rings is 1. The van der Waals surface area contributed by atoms with E-state index in [1.54, 1.807) is 0 Å². The summed E-state index contributed by atoms with van der Waals surface area (Å²) in [6.45, 7) is 4.81. The van der Waals surface area contributed by atoms with Crippen LogP contribution in [0.1, 0.15) is 56.1 Å². The van der Waals surface area contributed by atoms with Gasteiger partial charge in [-0.15, -0.1) is 24.0 Å². The molecule has 1 heterocycles. The van der Waals surface area contributed by atoms with Gasteiger partial charge in [-0.2, -0.15) is 0 Å². The van der Waals surface area contributed by atoms with Gasteiger partial charge in [-0.3, -0.25) is 4.99 Å². The van der Waals surface area contributed by atoms with Crippen LogP contribution in [-0.4, -0.2) is 38.8 Å². The zero-order valence-corrected chi connectivity index (χ0v) is 18.6. The van der Waals surface area contributed by atoms with Gasteiger partial charge in [0, 0.05) is 38.3 Å². The van der Waals surface area contributed by atoms with Crippen molar-refractivity contribution in [3.8, 4) is 0 Å². The molecule has 0 radical (unpaired) electrons. The van der Waals surface area contributed by atoms with Gasteiger partial charge in [0.15, 0.2) is 5.96 Å². The van der Waals surface area contributed by atoms with Crippen LogP contribution < -0.4 is 10.6 Å². The average Bonchev–Trinajstić information content (AvgIpc) is 2.67. The van der Waals surface area contributed by atoms with Gasteiger partial charge in [0.1, 0.15) is 0 Å². The van der Waals surface area contributed by atoms with Crippen LogP contribution in [0.5, 0.6) is 0 Å². The molecule has 0 amide bonds. The van der Waals surface area contributed by atoms with E-state index < -0.39 is 0 Å². The zero-order chi connectivity index (χ0) is 17.5. The first-order chi connectivity index (χ1) is 12.2. The Morgan fingerprint density at radius 1 is 1.15 bits per heavy atom. The van der Waals surface area contributed by atoms with Crippen molar-refractivity contribution >= 4 is 29.9 Å². The first-order valence-electron chi connectivity index (χ1n) is 9.84. The summed E-state index contributed by atoms with van der Waals surface area (Å²) >= 11 is 0. The lowest BCUT2D eigenvalue weighted by molar-refractivity contribution is 0.0511. The Kier molecular flexibility index (Phi) is 8.67. The Morgan fingerprint density at radius 2 is 1.85 bits per heavy atom. The fraction of sp³-hybridized carbons (Fsp3) is 0.667. The van der Waals surface area contributed by atoms with Crippen LogP contribution in [0.3, 0.4) is 0 Å². The number of rotatable bonds is 4. The highest BCUT2D eigenvalue weighted by molar-refractivity contribution is 14.0. The van der Waals surface area contributed by atoms with Gasteiger partial charge in [-0.1, -0.05) is 43.5 Å². The Morgan fingerprint density at radius 3 is 2.50 bits per heavy atom. The van der Waals surface area contributed by atoms with E-state index in [2.05, 4.69) is 46.8 Å². The number of nitrogens with zero attached hydrogens (tertiary/aromatic N) is 1. The molecule has 0 unspecified atom stereocenters. The molecule has 1 saturated carbocycles. The van der Waals surface area contributed by atoms with Gasteiger partial charge in [0.2, 0.25) is 0 Å². The summed E-state index contributed by atoms with van der Waals surface area (Å²) in [5, 5.41) is 7.27. The average molecular weight is 471 g/mol. The normalized spacial score (nSPS) is 20.9. The molecule has 0 atom stereocenters. The summed E-state index contributed by atoms with van der Waals surface area (Å²) in [7, 11) is 1.88. The molecule has 0 spiro atoms. The smallest absolute Gasteiger partial charge is 0.191 e. The van der Waals surface area contributed by atoms with Crippen molar-refractivity contribution in [2.24, 2.45) is 4.99 Å². The molecule has 0 bridgehead atoms. The maximum absolute atomic E-state index is 5.67. The third-order valence-corrected chi connectivity index (χ3v) is 5.93. The van der Waals surface area contributed by atoms with Crippen molar-refractivity contribution < 1.29 is 4.74 Å². The molecular formula is C21H34IN3O. The van der Waals surface area contributed by atoms with Crippen LogP contribution in [-0.2, 0) is 10.2 Å². The van der Waals surface area contributed by atoms with Gasteiger partial charge >= 0.3 is 0 Å². The summed E-state index contributed by atoms with van der Waals surface area (Å²) in [4.78, 5) is 4.48. The van der Waals surface area contributed by atoms with Crippen molar-refractivity contribution in [3.63, 3.8) is 0 Å². The summed E-state index contributed by atoms with van der Waals surface area (Å²) < 4.78 is 5.67. The first kappa shape index (κ1) is 21.5. The van der Waals surface area contributed by atoms with Crippen LogP contribution in [0.2, 0.25) is 0 Å². The molecule has 1 aromatic rings. The lowest BCUT2D eigenvalue weighted by Crippen LogP contribution is -2.50. The van der Waals surface area contributed by atoms with Gasteiger partial charge in [-0.25, -0.2) is 0 Å². The highest BCUT2D eigenvalue weighted by Gasteiger charge is 2.35. The molecule has 5 heteroatoms. The Balaban J connectivity index is 0.00000243. The SMILES string of the molecule is CN=C(NCC1(c2ccccc2C)CCOCC1)NC1CCCCC1.I. The minimum Gasteiger partial charge on any atom is -0.381 e. The third kappa shape index (κ3) is 5.35. The van der Waals surface area contributed by atoms with E-state index in [9.17, 15) is 0 Å². The Bertz CT molecular complexity index is 578. The van der Waals surface area contributed by atoms with E-state index in [-0.39, 0.29) is 29.4 Å². The Hall–Kier alpha value is -0.820. The van der Waals surface area contributed by atoms with Crippen LogP contribution >= 0.6 is 24.0 Å². The fourth-order valence-electron chi connectivity index (χ4n) is 4.36. The van der Waals surface area contributed by atoms with Gasteiger partial charge in [-0.05, 0) is 43.7 Å². The number of halogens is 1. The maximum Gasteiger partial charge on any atom is 0.191 e. The predicted octanol–water partition coefficient (Wildman–Crippen LogP) is 4.16. The van der Waals surface area contributed by atoms with Crippen molar-refractivity contribution in [1.82, 2.24) is 10.6 Å². The van der Waals surface area contributed by atoms with Crippen molar-refractivity contribution in [3.05, 3.63) is 35.4 Å². The monoisotopic (exact) mass is 471 g/mol. The lowest BCUT2D eigenvalue weighted by atomic mass is 9.72. The number of aliphatic imine (C=N–C) groups is 1. The Labute approximate surface area is 175 Å². The second kappa shape index (κ2) is 10.5. The second-order valence-corrected chi connectivity index (χ2v) is 7.61. The van der Waals surface area contributed by atoms with Crippen LogP contribution in [0.4, 0.5) is 0 Å². The van der Waals surface area contributed by atoms with Gasteiger partial charge in [0.25, 0.3) is 0 Å². The molecular weight excluding hydrogens is 437 g/mol. The quantitative estimate of drug-likeness (QED) is 0.394. The minimum absolute atomic E-state index is 0. The van der Waals surface area contributed by atoms with Gasteiger partial charge < -0.3 is 15.4 Å². The lowest BCUT2D eigenvalue weighted by Gasteiger charge is -2.39. The van der Waals surface area contributed by atoms with E-state index in [1.807, 2.05) is 7.05 Å². The number of guanidine groups is 1. The molecule has 1 aliphatic carbocycles. The van der Waals surface area contributed by atoms with Gasteiger partial charge in [0.05, 0.1) is 0 Å². The van der Waals surface area contributed by atoms with Crippen molar-refractivity contribution in [2.45, 2.75) is 63.3 Å². The number of aryl methyl sites for hydroxylation is 1. The van der Waals surface area contributed by atoms with E-state index in [0.717, 1.165) is 38.6 Å². The molecule has 1 aliphatic heterocycles. The molecule has 0 aromatic heterocycles. The highest BCUT2D eigenvalue weighted by atomic mass is 127. The predicted molar refractivity (Wildman–Crippen MR) is 120 cm³/mol. The fourth-order valence-corrected chi connectivity index (χ4v) is 4.36. The molecule has 2 N–H and O–H groups in total. The zero-order valence-electron chi connectivity index (χ0n) is 16.2. The van der Waals surface area contributed by atoms with Crippen LogP contribution in [0.25, 0.3) is 0 Å². The second-order valence-electron chi connectivity index (χ2n) is 7.61. The minimum atomic E-state index is 0. The van der Waals surface area contributed by atoms with E-state index in [1.165, 1.54) is 43.2 Å². The maximum atomic E-state index is 5.67. The summed E-state index contributed by atoms with van der Waals surface area (Å²) in [6, 6.07) is 9.38. The van der Waals surface area contributed by atoms with Crippen LogP contribution in [0, 0.1) is 6.92 Å². The number of nitrogens with one attached hydrogen (secondary N) is 2. The van der Waals surface area contributed by atoms with E-state index in [4.69, 9.17) is 4.74 Å². The molecule has 1 aromatic carbocycles. The highest BCUT2D eigenvalue weighted by Crippen LogP contribution is 2.36. The first-order valence-corrected chi connectivity index (χ1v) is 9.84. The number of ether oxygens (including phenoxy) is 1. The van der Waals surface area contributed by atoms with E-state index in [0.29, 0.717) is 6.04 Å². The molecule has 2 fully saturated rings. The molecule has 2 aliphatic rings. The van der Waals surface area contributed by atoms with E-state index >= 15 is 0 Å². The topological polar surface area (TPSA) is 45.7 Å². The van der Waals surface area contributed by atoms with Crippen molar-refractivity contribution in [2.75, 3.05) is 26.8 Å². The summed E-state index contributed by atoms with van der Waals surface area (Å²) in [5.41, 5.74) is 2.97. The molecule has 3 rings (SSSR count). The number of hydrogen-bond donors (Lipinski definition) is 2. The largest absolute Gasteiger partial charge is 0.381 e. The third-order valence-electron chi connectivity index (χ3n) is 5.93. The van der Waals surface area contributed by atoms with Crippen LogP contribution in [0.15, 0.2) is 29.3 Å². The summed E-state index contributed by atoms with van der Waals surface area (Å²) in [6.07, 6.45) is 8.68. The molecule has 4 nitrogen and oxygen atoms in total. The molecule has 26 heavy (non-hydrogen) atoms. The summed E-state index contributed by atoms with van der Waals surface area (Å²) in [5.74, 6) is 0.950. The van der Waals surface area contributed by atoms with Crippen molar-refractivity contribution in [1.29, 1.82) is 0 Å². The number of hydrogen-bond acceptors (Lipinski definition) is 2. The standard InChI is InChI=1S/C21H33N3O.HI/c1-17-8-6-7-11-19(17)21(12-14-25-15-13-21)16-23-20(22-2)24-18-9-4-3-5-10-18;/h6-8,11,18H,3-5,9-10,12-16H2,1-2H3,(H2,22,23,24);1H. The molecule has 1 saturated heterocycles.